The highest BCUT2D eigenvalue weighted by molar-refractivity contribution is 5.79. The summed E-state index contributed by atoms with van der Waals surface area (Å²) in [6.07, 6.45) is 5.62. The number of hydrogen-bond donors (Lipinski definition) is 0. The van der Waals surface area contributed by atoms with Crippen LogP contribution in [0.4, 0.5) is 0 Å². The Morgan fingerprint density at radius 3 is 2.86 bits per heavy atom. The Labute approximate surface area is 169 Å². The molecule has 29 heavy (non-hydrogen) atoms. The van der Waals surface area contributed by atoms with Gasteiger partial charge in [0.2, 0.25) is 5.91 Å². The van der Waals surface area contributed by atoms with Crippen molar-refractivity contribution in [3.63, 3.8) is 0 Å². The Hall–Kier alpha value is -3.22. The summed E-state index contributed by atoms with van der Waals surface area (Å²) in [4.78, 5) is 23.5. The molecule has 1 fully saturated rings. The molecule has 3 heterocycles. The molecular formula is C22H24N4O3. The van der Waals surface area contributed by atoms with Gasteiger partial charge in [-0.1, -0.05) is 17.3 Å². The number of rotatable bonds is 5. The lowest BCUT2D eigenvalue weighted by Gasteiger charge is -2.33. The lowest BCUT2D eigenvalue weighted by atomic mass is 9.91. The zero-order valence-electron chi connectivity index (χ0n) is 16.7. The normalized spacial score (nSPS) is 16.6. The number of ether oxygens (including phenoxy) is 1. The third-order valence-electron chi connectivity index (χ3n) is 5.31. The maximum atomic E-state index is 12.9. The van der Waals surface area contributed by atoms with Gasteiger partial charge in [-0.3, -0.25) is 4.79 Å². The highest BCUT2D eigenvalue weighted by atomic mass is 16.5. The van der Waals surface area contributed by atoms with Gasteiger partial charge in [-0.2, -0.15) is 0 Å². The molecule has 0 spiro atoms. The Morgan fingerprint density at radius 1 is 1.31 bits per heavy atom. The van der Waals surface area contributed by atoms with Gasteiger partial charge >= 0.3 is 0 Å². The van der Waals surface area contributed by atoms with E-state index in [-0.39, 0.29) is 11.8 Å². The molecule has 4 rings (SSSR count). The van der Waals surface area contributed by atoms with Crippen molar-refractivity contribution in [2.24, 2.45) is 0 Å². The van der Waals surface area contributed by atoms with E-state index in [9.17, 15) is 4.79 Å². The van der Waals surface area contributed by atoms with Crippen LogP contribution in [0.25, 0.3) is 11.3 Å². The minimum Gasteiger partial charge on any atom is -0.497 e. The SMILES string of the molecule is COc1ccc(CC(=O)N2CCCC(c3ncncc3-c3cc(C)no3)C2)cc1. The van der Waals surface area contributed by atoms with Crippen molar-refractivity contribution in [2.75, 3.05) is 20.2 Å². The quantitative estimate of drug-likeness (QED) is 0.662. The molecule has 2 aromatic heterocycles. The van der Waals surface area contributed by atoms with E-state index in [0.29, 0.717) is 18.7 Å². The number of nitrogens with zero attached hydrogens (tertiary/aromatic N) is 4. The zero-order valence-corrected chi connectivity index (χ0v) is 16.7. The fourth-order valence-electron chi connectivity index (χ4n) is 3.80. The van der Waals surface area contributed by atoms with Gasteiger partial charge in [0.05, 0.1) is 30.5 Å². The summed E-state index contributed by atoms with van der Waals surface area (Å²) in [6, 6.07) is 9.53. The molecule has 1 aromatic carbocycles. The fourth-order valence-corrected chi connectivity index (χ4v) is 3.80. The van der Waals surface area contributed by atoms with E-state index >= 15 is 0 Å². The first kappa shape index (κ1) is 19.1. The number of aryl methyl sites for hydroxylation is 1. The van der Waals surface area contributed by atoms with Gasteiger partial charge in [-0.25, -0.2) is 9.97 Å². The molecular weight excluding hydrogens is 368 g/mol. The fraction of sp³-hybridized carbons (Fsp3) is 0.364. The number of carbonyl (C=O) groups excluding carboxylic acids is 1. The van der Waals surface area contributed by atoms with Crippen molar-refractivity contribution < 1.29 is 14.1 Å². The van der Waals surface area contributed by atoms with Crippen LogP contribution < -0.4 is 4.74 Å². The molecule has 0 N–H and O–H groups in total. The average Bonchev–Trinajstić information content (AvgIpc) is 3.20. The van der Waals surface area contributed by atoms with Crippen LogP contribution in [0.15, 0.2) is 47.4 Å². The molecule has 0 saturated carbocycles. The minimum atomic E-state index is 0.131. The highest BCUT2D eigenvalue weighted by Crippen LogP contribution is 2.33. The lowest BCUT2D eigenvalue weighted by Crippen LogP contribution is -2.40. The van der Waals surface area contributed by atoms with Crippen molar-refractivity contribution in [3.05, 3.63) is 59.8 Å². The van der Waals surface area contributed by atoms with Gasteiger partial charge in [0.15, 0.2) is 5.76 Å². The molecule has 3 aromatic rings. The van der Waals surface area contributed by atoms with Gasteiger partial charge in [0.1, 0.15) is 12.1 Å². The molecule has 1 amide bonds. The summed E-state index contributed by atoms with van der Waals surface area (Å²) in [6.45, 7) is 3.30. The topological polar surface area (TPSA) is 81.4 Å². The van der Waals surface area contributed by atoms with Crippen molar-refractivity contribution in [2.45, 2.75) is 32.1 Å². The van der Waals surface area contributed by atoms with Crippen LogP contribution in [0.5, 0.6) is 5.75 Å². The van der Waals surface area contributed by atoms with Crippen molar-refractivity contribution in [1.29, 1.82) is 0 Å². The van der Waals surface area contributed by atoms with E-state index in [0.717, 1.165) is 47.7 Å². The number of methoxy groups -OCH3 is 1. The first-order valence-electron chi connectivity index (χ1n) is 9.78. The number of hydrogen-bond acceptors (Lipinski definition) is 6. The smallest absolute Gasteiger partial charge is 0.227 e. The van der Waals surface area contributed by atoms with Crippen LogP contribution in [0, 0.1) is 6.92 Å². The highest BCUT2D eigenvalue weighted by Gasteiger charge is 2.28. The molecule has 0 radical (unpaired) electrons. The first-order chi connectivity index (χ1) is 14.1. The van der Waals surface area contributed by atoms with Crippen molar-refractivity contribution in [3.8, 4) is 17.1 Å². The number of amides is 1. The molecule has 7 heteroatoms. The second-order valence-corrected chi connectivity index (χ2v) is 7.36. The van der Waals surface area contributed by atoms with E-state index in [1.807, 2.05) is 42.2 Å². The maximum absolute atomic E-state index is 12.9. The van der Waals surface area contributed by atoms with Crippen LogP contribution >= 0.6 is 0 Å². The standard InChI is InChI=1S/C22H24N4O3/c1-15-10-20(29-25-15)19-12-23-14-24-22(19)17-4-3-9-26(13-17)21(27)11-16-5-7-18(28-2)8-6-16/h5-8,10,12,14,17H,3-4,9,11,13H2,1-2H3. The van der Waals surface area contributed by atoms with Crippen LogP contribution in [0.2, 0.25) is 0 Å². The van der Waals surface area contributed by atoms with Crippen LogP contribution in [-0.2, 0) is 11.2 Å². The lowest BCUT2D eigenvalue weighted by molar-refractivity contribution is -0.131. The second kappa shape index (κ2) is 8.43. The van der Waals surface area contributed by atoms with Crippen molar-refractivity contribution in [1.82, 2.24) is 20.0 Å². The van der Waals surface area contributed by atoms with Crippen molar-refractivity contribution >= 4 is 5.91 Å². The number of piperidine rings is 1. The molecule has 1 unspecified atom stereocenters. The van der Waals surface area contributed by atoms with E-state index in [2.05, 4.69) is 15.1 Å². The number of likely N-dealkylation sites (tertiary alicyclic amines) is 1. The van der Waals surface area contributed by atoms with E-state index < -0.39 is 0 Å². The summed E-state index contributed by atoms with van der Waals surface area (Å²) in [5.41, 5.74) is 3.56. The molecule has 0 bridgehead atoms. The maximum Gasteiger partial charge on any atom is 0.227 e. The van der Waals surface area contributed by atoms with Crippen LogP contribution in [0.3, 0.4) is 0 Å². The predicted octanol–water partition coefficient (Wildman–Crippen LogP) is 3.40. The monoisotopic (exact) mass is 392 g/mol. The molecule has 0 aliphatic carbocycles. The van der Waals surface area contributed by atoms with Gasteiger partial charge in [0.25, 0.3) is 0 Å². The third-order valence-corrected chi connectivity index (χ3v) is 5.31. The molecule has 150 valence electrons. The average molecular weight is 392 g/mol. The summed E-state index contributed by atoms with van der Waals surface area (Å²) in [7, 11) is 1.63. The Kier molecular flexibility index (Phi) is 5.55. The molecule has 1 aliphatic rings. The second-order valence-electron chi connectivity index (χ2n) is 7.36. The van der Waals surface area contributed by atoms with E-state index in [1.54, 1.807) is 19.6 Å². The van der Waals surface area contributed by atoms with Gasteiger partial charge in [-0.05, 0) is 37.5 Å². The van der Waals surface area contributed by atoms with Crippen LogP contribution in [-0.4, -0.2) is 46.1 Å². The summed E-state index contributed by atoms with van der Waals surface area (Å²) in [5, 5.41) is 3.98. The zero-order chi connectivity index (χ0) is 20.2. The summed E-state index contributed by atoms with van der Waals surface area (Å²) in [5.74, 6) is 1.73. The first-order valence-corrected chi connectivity index (χ1v) is 9.78. The van der Waals surface area contributed by atoms with Gasteiger partial charge in [-0.15, -0.1) is 0 Å². The number of benzene rings is 1. The van der Waals surface area contributed by atoms with Gasteiger partial charge in [0, 0.05) is 31.3 Å². The molecule has 1 atom stereocenters. The largest absolute Gasteiger partial charge is 0.497 e. The molecule has 1 aliphatic heterocycles. The minimum absolute atomic E-state index is 0.131. The Bertz CT molecular complexity index is 984. The number of aromatic nitrogens is 3. The van der Waals surface area contributed by atoms with Crippen LogP contribution in [0.1, 0.15) is 35.7 Å². The van der Waals surface area contributed by atoms with Gasteiger partial charge < -0.3 is 14.2 Å². The van der Waals surface area contributed by atoms with E-state index in [4.69, 9.17) is 9.26 Å². The number of carbonyl (C=O) groups is 1. The summed E-state index contributed by atoms with van der Waals surface area (Å²) < 4.78 is 10.6. The predicted molar refractivity (Wildman–Crippen MR) is 108 cm³/mol. The summed E-state index contributed by atoms with van der Waals surface area (Å²) >= 11 is 0. The Balaban J connectivity index is 1.49. The third kappa shape index (κ3) is 4.29. The molecule has 1 saturated heterocycles. The Morgan fingerprint density at radius 2 is 2.14 bits per heavy atom. The van der Waals surface area contributed by atoms with E-state index in [1.165, 1.54) is 0 Å². The molecule has 7 nitrogen and oxygen atoms in total.